The van der Waals surface area contributed by atoms with Crippen molar-refractivity contribution in [3.8, 4) is 0 Å². The number of hydrogen-bond donors (Lipinski definition) is 2. The van der Waals surface area contributed by atoms with Gasteiger partial charge in [-0.05, 0) is 54.2 Å². The quantitative estimate of drug-likeness (QED) is 0.897. The third-order valence-corrected chi connectivity index (χ3v) is 4.02. The topological polar surface area (TPSA) is 40.7 Å². The molecular formula is C12H20BrN3. The van der Waals surface area contributed by atoms with Crippen molar-refractivity contribution in [3.63, 3.8) is 0 Å². The van der Waals surface area contributed by atoms with Crippen LogP contribution in [0.2, 0.25) is 0 Å². The number of aromatic nitrogens is 2. The van der Waals surface area contributed by atoms with Crippen molar-refractivity contribution in [2.75, 3.05) is 13.1 Å². The molecule has 1 aromatic heterocycles. The van der Waals surface area contributed by atoms with Gasteiger partial charge in [-0.2, -0.15) is 5.10 Å². The summed E-state index contributed by atoms with van der Waals surface area (Å²) in [5, 5.41) is 11.1. The largest absolute Gasteiger partial charge is 0.317 e. The van der Waals surface area contributed by atoms with Crippen molar-refractivity contribution in [1.82, 2.24) is 15.5 Å². The lowest BCUT2D eigenvalue weighted by Crippen LogP contribution is -2.26. The zero-order chi connectivity index (χ0) is 11.5. The molecule has 0 bridgehead atoms. The summed E-state index contributed by atoms with van der Waals surface area (Å²) in [5.74, 6) is 1.28. The standard InChI is InChI=1S/C12H20BrN3/c1-8(2)7-10-11(13)12(16-15-10)9-3-5-14-6-4-9/h8-9,14H,3-7H2,1-2H3,(H,15,16). The fraction of sp³-hybridized carbons (Fsp3) is 0.750. The first-order valence-corrected chi connectivity index (χ1v) is 6.91. The first-order valence-electron chi connectivity index (χ1n) is 6.11. The summed E-state index contributed by atoms with van der Waals surface area (Å²) in [5.41, 5.74) is 2.49. The van der Waals surface area contributed by atoms with Crippen LogP contribution in [-0.4, -0.2) is 23.3 Å². The molecule has 0 aliphatic carbocycles. The lowest BCUT2D eigenvalue weighted by molar-refractivity contribution is 0.452. The summed E-state index contributed by atoms with van der Waals surface area (Å²) >= 11 is 3.70. The molecule has 0 amide bonds. The van der Waals surface area contributed by atoms with E-state index in [1.807, 2.05) is 0 Å². The Balaban J connectivity index is 2.12. The highest BCUT2D eigenvalue weighted by molar-refractivity contribution is 9.10. The van der Waals surface area contributed by atoms with Gasteiger partial charge in [-0.25, -0.2) is 0 Å². The Morgan fingerprint density at radius 1 is 1.38 bits per heavy atom. The minimum atomic E-state index is 0.618. The zero-order valence-corrected chi connectivity index (χ0v) is 11.6. The second-order valence-corrected chi connectivity index (χ2v) is 5.82. The third kappa shape index (κ3) is 2.66. The molecule has 1 saturated heterocycles. The highest BCUT2D eigenvalue weighted by Gasteiger charge is 2.22. The number of H-pyrrole nitrogens is 1. The summed E-state index contributed by atoms with van der Waals surface area (Å²) in [4.78, 5) is 0. The number of aromatic amines is 1. The molecule has 1 aromatic rings. The predicted molar refractivity (Wildman–Crippen MR) is 69.7 cm³/mol. The van der Waals surface area contributed by atoms with Crippen LogP contribution in [0.5, 0.6) is 0 Å². The van der Waals surface area contributed by atoms with Crippen molar-refractivity contribution in [1.29, 1.82) is 0 Å². The lowest BCUT2D eigenvalue weighted by Gasteiger charge is -2.21. The Kier molecular flexibility index (Phi) is 4.03. The first-order chi connectivity index (χ1) is 7.68. The van der Waals surface area contributed by atoms with Crippen LogP contribution in [0.4, 0.5) is 0 Å². The van der Waals surface area contributed by atoms with Gasteiger partial charge < -0.3 is 5.32 Å². The van der Waals surface area contributed by atoms with Crippen molar-refractivity contribution in [2.24, 2.45) is 5.92 Å². The van der Waals surface area contributed by atoms with Crippen LogP contribution in [-0.2, 0) is 6.42 Å². The molecule has 90 valence electrons. The molecule has 0 atom stereocenters. The van der Waals surface area contributed by atoms with Crippen molar-refractivity contribution in [3.05, 3.63) is 15.9 Å². The van der Waals surface area contributed by atoms with Gasteiger partial charge in [-0.3, -0.25) is 5.10 Å². The van der Waals surface area contributed by atoms with Gasteiger partial charge in [0.25, 0.3) is 0 Å². The van der Waals surface area contributed by atoms with E-state index in [2.05, 4.69) is 45.3 Å². The Bertz CT molecular complexity index is 340. The number of piperidine rings is 1. The molecule has 3 nitrogen and oxygen atoms in total. The minimum Gasteiger partial charge on any atom is -0.317 e. The van der Waals surface area contributed by atoms with Crippen molar-refractivity contribution in [2.45, 2.75) is 39.0 Å². The maximum absolute atomic E-state index is 4.49. The first kappa shape index (κ1) is 12.1. The van der Waals surface area contributed by atoms with E-state index >= 15 is 0 Å². The van der Waals surface area contributed by atoms with Crippen LogP contribution in [0, 0.1) is 5.92 Å². The third-order valence-electron chi connectivity index (χ3n) is 3.14. The molecule has 1 aliphatic heterocycles. The minimum absolute atomic E-state index is 0.618. The molecule has 4 heteroatoms. The van der Waals surface area contributed by atoms with E-state index in [4.69, 9.17) is 0 Å². The van der Waals surface area contributed by atoms with Crippen LogP contribution in [0.3, 0.4) is 0 Å². The molecule has 0 spiro atoms. The van der Waals surface area contributed by atoms with Crippen LogP contribution < -0.4 is 5.32 Å². The number of halogens is 1. The number of nitrogens with zero attached hydrogens (tertiary/aromatic N) is 1. The number of rotatable bonds is 3. The molecule has 0 unspecified atom stereocenters. The van der Waals surface area contributed by atoms with Crippen LogP contribution >= 0.6 is 15.9 Å². The van der Waals surface area contributed by atoms with Crippen molar-refractivity contribution < 1.29 is 0 Å². The maximum Gasteiger partial charge on any atom is 0.0798 e. The van der Waals surface area contributed by atoms with Crippen molar-refractivity contribution >= 4 is 15.9 Å². The highest BCUT2D eigenvalue weighted by atomic mass is 79.9. The van der Waals surface area contributed by atoms with Crippen LogP contribution in [0.15, 0.2) is 4.47 Å². The van der Waals surface area contributed by atoms with Gasteiger partial charge in [-0.15, -0.1) is 0 Å². The number of nitrogens with one attached hydrogen (secondary N) is 2. The van der Waals surface area contributed by atoms with Crippen LogP contribution in [0.1, 0.15) is 44.0 Å². The van der Waals surface area contributed by atoms with Gasteiger partial charge >= 0.3 is 0 Å². The SMILES string of the molecule is CC(C)Cc1[nH]nc(C2CCNCC2)c1Br. The van der Waals surface area contributed by atoms with E-state index in [-0.39, 0.29) is 0 Å². The monoisotopic (exact) mass is 285 g/mol. The molecule has 0 aromatic carbocycles. The smallest absolute Gasteiger partial charge is 0.0798 e. The Morgan fingerprint density at radius 2 is 2.06 bits per heavy atom. The summed E-state index contributed by atoms with van der Waals surface area (Å²) in [6.07, 6.45) is 3.47. The molecule has 1 fully saturated rings. The van der Waals surface area contributed by atoms with Gasteiger partial charge in [0.1, 0.15) is 0 Å². The fourth-order valence-corrected chi connectivity index (χ4v) is 2.95. The average Bonchev–Trinajstić information content (AvgIpc) is 2.61. The van der Waals surface area contributed by atoms with E-state index in [1.54, 1.807) is 0 Å². The van der Waals surface area contributed by atoms with Gasteiger partial charge in [-0.1, -0.05) is 13.8 Å². The second-order valence-electron chi connectivity index (χ2n) is 5.02. The number of hydrogen-bond acceptors (Lipinski definition) is 2. The molecule has 2 N–H and O–H groups in total. The maximum atomic E-state index is 4.49. The molecule has 2 heterocycles. The normalized spacial score (nSPS) is 18.2. The highest BCUT2D eigenvalue weighted by Crippen LogP contribution is 2.32. The van der Waals surface area contributed by atoms with Gasteiger partial charge in [0.15, 0.2) is 0 Å². The summed E-state index contributed by atoms with van der Waals surface area (Å²) in [7, 11) is 0. The van der Waals surface area contributed by atoms with E-state index in [9.17, 15) is 0 Å². The van der Waals surface area contributed by atoms with Crippen LogP contribution in [0.25, 0.3) is 0 Å². The molecule has 2 rings (SSSR count). The molecule has 0 radical (unpaired) electrons. The molecule has 16 heavy (non-hydrogen) atoms. The molecular weight excluding hydrogens is 266 g/mol. The van der Waals surface area contributed by atoms with E-state index in [1.165, 1.54) is 28.7 Å². The lowest BCUT2D eigenvalue weighted by atomic mass is 9.94. The summed E-state index contributed by atoms with van der Waals surface area (Å²) in [6.45, 7) is 6.70. The van der Waals surface area contributed by atoms with E-state index in [0.29, 0.717) is 11.8 Å². The average molecular weight is 286 g/mol. The van der Waals surface area contributed by atoms with Gasteiger partial charge in [0.2, 0.25) is 0 Å². The fourth-order valence-electron chi connectivity index (χ4n) is 2.29. The summed E-state index contributed by atoms with van der Waals surface area (Å²) in [6, 6.07) is 0. The molecule has 1 aliphatic rings. The predicted octanol–water partition coefficient (Wildman–Crippen LogP) is 2.84. The summed E-state index contributed by atoms with van der Waals surface area (Å²) < 4.78 is 1.22. The second kappa shape index (κ2) is 5.32. The van der Waals surface area contributed by atoms with Gasteiger partial charge in [0, 0.05) is 11.6 Å². The Morgan fingerprint density at radius 3 is 2.69 bits per heavy atom. The Labute approximate surface area is 106 Å². The van der Waals surface area contributed by atoms with E-state index < -0.39 is 0 Å². The Hall–Kier alpha value is -0.350. The van der Waals surface area contributed by atoms with E-state index in [0.717, 1.165) is 19.5 Å². The molecule has 0 saturated carbocycles. The van der Waals surface area contributed by atoms with Gasteiger partial charge in [0.05, 0.1) is 10.2 Å². The zero-order valence-electron chi connectivity index (χ0n) is 10.0.